The second kappa shape index (κ2) is 4.66. The third-order valence-corrected chi connectivity index (χ3v) is 2.75. The zero-order valence-corrected chi connectivity index (χ0v) is 9.50. The molecule has 0 unspecified atom stereocenters. The molecule has 0 bridgehead atoms. The van der Waals surface area contributed by atoms with E-state index in [0.29, 0.717) is 13.2 Å². The van der Waals surface area contributed by atoms with Crippen LogP contribution in [0.2, 0.25) is 0 Å². The Bertz CT molecular complexity index is 397. The summed E-state index contributed by atoms with van der Waals surface area (Å²) in [5, 5.41) is 0. The number of nitrogens with zero attached hydrogens (tertiary/aromatic N) is 1. The minimum atomic E-state index is -0.206. The lowest BCUT2D eigenvalue weighted by Gasteiger charge is -2.29. The Kier molecular flexibility index (Phi) is 3.25. The van der Waals surface area contributed by atoms with Gasteiger partial charge < -0.3 is 9.64 Å². The second-order valence-corrected chi connectivity index (χ2v) is 4.08. The quantitative estimate of drug-likeness (QED) is 0.761. The molecule has 0 atom stereocenters. The summed E-state index contributed by atoms with van der Waals surface area (Å²) in [6, 6.07) is 5.07. The maximum absolute atomic E-state index is 13.4. The first-order chi connectivity index (χ1) is 7.66. The van der Waals surface area contributed by atoms with E-state index in [0.717, 1.165) is 29.9 Å². The van der Waals surface area contributed by atoms with Gasteiger partial charge in [-0.2, -0.15) is 0 Å². The standard InChI is InChI=1S/C13H16FNO/c1-10(2)11-7-12(14)9-13(8-11)15-3-5-16-6-4-15/h7-9H,1,3-6H2,2H3. The van der Waals surface area contributed by atoms with Gasteiger partial charge in [0.1, 0.15) is 5.82 Å². The summed E-state index contributed by atoms with van der Waals surface area (Å²) in [5.41, 5.74) is 2.66. The van der Waals surface area contributed by atoms with Crippen molar-refractivity contribution in [1.29, 1.82) is 0 Å². The molecule has 0 aliphatic carbocycles. The average molecular weight is 221 g/mol. The Morgan fingerprint density at radius 2 is 2.00 bits per heavy atom. The molecule has 16 heavy (non-hydrogen) atoms. The number of allylic oxidation sites excluding steroid dienone is 1. The van der Waals surface area contributed by atoms with Gasteiger partial charge in [-0.05, 0) is 30.7 Å². The molecule has 1 aliphatic heterocycles. The SMILES string of the molecule is C=C(C)c1cc(F)cc(N2CCOCC2)c1. The maximum Gasteiger partial charge on any atom is 0.125 e. The van der Waals surface area contributed by atoms with Gasteiger partial charge in [-0.25, -0.2) is 4.39 Å². The zero-order chi connectivity index (χ0) is 11.5. The molecule has 1 fully saturated rings. The fraction of sp³-hybridized carbons (Fsp3) is 0.385. The van der Waals surface area contributed by atoms with Gasteiger partial charge in [-0.1, -0.05) is 12.2 Å². The molecule has 1 aromatic carbocycles. The minimum absolute atomic E-state index is 0.206. The molecule has 0 saturated carbocycles. The highest BCUT2D eigenvalue weighted by Crippen LogP contribution is 2.23. The lowest BCUT2D eigenvalue weighted by Crippen LogP contribution is -2.36. The summed E-state index contributed by atoms with van der Waals surface area (Å²) in [6.45, 7) is 8.78. The molecule has 0 radical (unpaired) electrons. The zero-order valence-electron chi connectivity index (χ0n) is 9.50. The molecule has 2 rings (SSSR count). The molecule has 1 aromatic rings. The van der Waals surface area contributed by atoms with Crippen molar-refractivity contribution in [2.24, 2.45) is 0 Å². The van der Waals surface area contributed by atoms with Crippen LogP contribution in [-0.2, 0) is 4.74 Å². The van der Waals surface area contributed by atoms with Crippen LogP contribution in [0.1, 0.15) is 12.5 Å². The summed E-state index contributed by atoms with van der Waals surface area (Å²) in [4.78, 5) is 2.14. The summed E-state index contributed by atoms with van der Waals surface area (Å²) in [5.74, 6) is -0.206. The highest BCUT2D eigenvalue weighted by molar-refractivity contribution is 5.66. The van der Waals surface area contributed by atoms with Gasteiger partial charge in [0.05, 0.1) is 13.2 Å². The van der Waals surface area contributed by atoms with Crippen molar-refractivity contribution in [1.82, 2.24) is 0 Å². The highest BCUT2D eigenvalue weighted by Gasteiger charge is 2.12. The number of halogens is 1. The monoisotopic (exact) mass is 221 g/mol. The van der Waals surface area contributed by atoms with E-state index in [4.69, 9.17) is 4.74 Å². The molecule has 0 amide bonds. The molecule has 3 heteroatoms. The Morgan fingerprint density at radius 1 is 1.31 bits per heavy atom. The van der Waals surface area contributed by atoms with E-state index in [1.54, 1.807) is 6.07 Å². The highest BCUT2D eigenvalue weighted by atomic mass is 19.1. The fourth-order valence-corrected chi connectivity index (χ4v) is 1.82. The summed E-state index contributed by atoms with van der Waals surface area (Å²) < 4.78 is 18.7. The van der Waals surface area contributed by atoms with Crippen molar-refractivity contribution in [2.75, 3.05) is 31.2 Å². The van der Waals surface area contributed by atoms with E-state index >= 15 is 0 Å². The van der Waals surface area contributed by atoms with E-state index in [1.807, 2.05) is 13.0 Å². The summed E-state index contributed by atoms with van der Waals surface area (Å²) >= 11 is 0. The van der Waals surface area contributed by atoms with Gasteiger partial charge in [0.2, 0.25) is 0 Å². The number of benzene rings is 1. The lowest BCUT2D eigenvalue weighted by atomic mass is 10.1. The third-order valence-electron chi connectivity index (χ3n) is 2.75. The van der Waals surface area contributed by atoms with Crippen molar-refractivity contribution in [3.63, 3.8) is 0 Å². The molecule has 86 valence electrons. The molecular formula is C13H16FNO. The smallest absolute Gasteiger partial charge is 0.125 e. The molecule has 0 aromatic heterocycles. The number of ether oxygens (including phenoxy) is 1. The van der Waals surface area contributed by atoms with E-state index in [2.05, 4.69) is 11.5 Å². The molecule has 1 saturated heterocycles. The van der Waals surface area contributed by atoms with Crippen LogP contribution in [0.5, 0.6) is 0 Å². The van der Waals surface area contributed by atoms with Crippen LogP contribution in [0, 0.1) is 5.82 Å². The fourth-order valence-electron chi connectivity index (χ4n) is 1.82. The maximum atomic E-state index is 13.4. The van der Waals surface area contributed by atoms with Crippen LogP contribution in [0.25, 0.3) is 5.57 Å². The molecule has 0 N–H and O–H groups in total. The topological polar surface area (TPSA) is 12.5 Å². The summed E-state index contributed by atoms with van der Waals surface area (Å²) in [6.07, 6.45) is 0. The normalized spacial score (nSPS) is 16.2. The molecule has 2 nitrogen and oxygen atoms in total. The van der Waals surface area contributed by atoms with Gasteiger partial charge in [0, 0.05) is 18.8 Å². The van der Waals surface area contributed by atoms with Crippen molar-refractivity contribution in [3.05, 3.63) is 36.2 Å². The second-order valence-electron chi connectivity index (χ2n) is 4.08. The first kappa shape index (κ1) is 11.1. The van der Waals surface area contributed by atoms with Crippen LogP contribution in [0.15, 0.2) is 24.8 Å². The van der Waals surface area contributed by atoms with Crippen LogP contribution >= 0.6 is 0 Å². The van der Waals surface area contributed by atoms with E-state index in [9.17, 15) is 4.39 Å². The number of hydrogen-bond acceptors (Lipinski definition) is 2. The molecule has 1 heterocycles. The Labute approximate surface area is 95.3 Å². The van der Waals surface area contributed by atoms with Crippen molar-refractivity contribution < 1.29 is 9.13 Å². The Hall–Kier alpha value is -1.35. The number of rotatable bonds is 2. The molecule has 1 aliphatic rings. The number of hydrogen-bond donors (Lipinski definition) is 0. The minimum Gasteiger partial charge on any atom is -0.378 e. The third kappa shape index (κ3) is 2.42. The first-order valence-electron chi connectivity index (χ1n) is 5.46. The Balaban J connectivity index is 2.28. The number of anilines is 1. The van der Waals surface area contributed by atoms with Crippen LogP contribution < -0.4 is 4.90 Å². The van der Waals surface area contributed by atoms with Gasteiger partial charge in [-0.3, -0.25) is 0 Å². The van der Waals surface area contributed by atoms with Crippen molar-refractivity contribution in [3.8, 4) is 0 Å². The average Bonchev–Trinajstić information content (AvgIpc) is 2.29. The summed E-state index contributed by atoms with van der Waals surface area (Å²) in [7, 11) is 0. The largest absolute Gasteiger partial charge is 0.378 e. The van der Waals surface area contributed by atoms with E-state index in [1.165, 1.54) is 6.07 Å². The predicted molar refractivity (Wildman–Crippen MR) is 64.1 cm³/mol. The predicted octanol–water partition coefficient (Wildman–Crippen LogP) is 2.70. The van der Waals surface area contributed by atoms with Gasteiger partial charge in [-0.15, -0.1) is 0 Å². The Morgan fingerprint density at radius 3 is 2.62 bits per heavy atom. The van der Waals surface area contributed by atoms with Crippen molar-refractivity contribution >= 4 is 11.3 Å². The lowest BCUT2D eigenvalue weighted by molar-refractivity contribution is 0.122. The van der Waals surface area contributed by atoms with E-state index < -0.39 is 0 Å². The van der Waals surface area contributed by atoms with Crippen molar-refractivity contribution in [2.45, 2.75) is 6.92 Å². The number of morpholine rings is 1. The van der Waals surface area contributed by atoms with E-state index in [-0.39, 0.29) is 5.82 Å². The molecular weight excluding hydrogens is 205 g/mol. The molecule has 0 spiro atoms. The van der Waals surface area contributed by atoms with Gasteiger partial charge in [0.15, 0.2) is 0 Å². The van der Waals surface area contributed by atoms with Gasteiger partial charge in [0.25, 0.3) is 0 Å². The van der Waals surface area contributed by atoms with Crippen LogP contribution in [0.3, 0.4) is 0 Å². The van der Waals surface area contributed by atoms with Crippen LogP contribution in [-0.4, -0.2) is 26.3 Å². The first-order valence-corrected chi connectivity index (χ1v) is 5.46. The van der Waals surface area contributed by atoms with Crippen LogP contribution in [0.4, 0.5) is 10.1 Å². The van der Waals surface area contributed by atoms with Gasteiger partial charge >= 0.3 is 0 Å².